The van der Waals surface area contributed by atoms with Gasteiger partial charge >= 0.3 is 0 Å². The number of nitrogens with one attached hydrogen (secondary N) is 1. The molecule has 0 aliphatic carbocycles. The first-order chi connectivity index (χ1) is 9.16. The van der Waals surface area contributed by atoms with Crippen LogP contribution in [0.3, 0.4) is 0 Å². The highest BCUT2D eigenvalue weighted by Crippen LogP contribution is 2.25. The van der Waals surface area contributed by atoms with E-state index in [1.165, 1.54) is 0 Å². The standard InChI is InChI=1S/C13H12N4OS/c1-8-11(18-9(2)14-8)12-15-16-13(19)17(12)10-6-4-3-5-7-10/h3-7H,1-2H3,(H,16,19). The lowest BCUT2D eigenvalue weighted by Gasteiger charge is -2.04. The maximum atomic E-state index is 5.62. The molecule has 1 aromatic carbocycles. The normalized spacial score (nSPS) is 10.8. The molecule has 6 heteroatoms. The Balaban J connectivity index is 2.25. The van der Waals surface area contributed by atoms with Crippen LogP contribution in [0.2, 0.25) is 0 Å². The van der Waals surface area contributed by atoms with Crippen LogP contribution in [-0.4, -0.2) is 19.7 Å². The lowest BCUT2D eigenvalue weighted by molar-refractivity contribution is 0.529. The summed E-state index contributed by atoms with van der Waals surface area (Å²) in [4.78, 5) is 4.26. The summed E-state index contributed by atoms with van der Waals surface area (Å²) >= 11 is 5.29. The molecule has 0 unspecified atom stereocenters. The molecule has 0 atom stereocenters. The molecule has 19 heavy (non-hydrogen) atoms. The molecule has 1 N–H and O–H groups in total. The van der Waals surface area contributed by atoms with E-state index in [4.69, 9.17) is 16.6 Å². The molecule has 2 heterocycles. The number of oxazole rings is 1. The van der Waals surface area contributed by atoms with E-state index in [9.17, 15) is 0 Å². The summed E-state index contributed by atoms with van der Waals surface area (Å²) in [5, 5.41) is 7.05. The molecule has 0 aliphatic heterocycles. The van der Waals surface area contributed by atoms with Crippen LogP contribution in [-0.2, 0) is 0 Å². The van der Waals surface area contributed by atoms with Crippen molar-refractivity contribution in [3.63, 3.8) is 0 Å². The highest BCUT2D eigenvalue weighted by Gasteiger charge is 2.17. The molecule has 0 radical (unpaired) electrons. The molecular weight excluding hydrogens is 260 g/mol. The Morgan fingerprint density at radius 1 is 1.21 bits per heavy atom. The Labute approximate surface area is 114 Å². The van der Waals surface area contributed by atoms with Crippen LogP contribution in [0.15, 0.2) is 34.7 Å². The van der Waals surface area contributed by atoms with Crippen molar-refractivity contribution in [3.8, 4) is 17.3 Å². The van der Waals surface area contributed by atoms with Crippen LogP contribution in [0.4, 0.5) is 0 Å². The molecule has 0 aliphatic rings. The van der Waals surface area contributed by atoms with Crippen molar-refractivity contribution in [3.05, 3.63) is 46.7 Å². The second kappa shape index (κ2) is 4.47. The molecule has 0 spiro atoms. The summed E-state index contributed by atoms with van der Waals surface area (Å²) in [5.41, 5.74) is 1.73. The van der Waals surface area contributed by atoms with Crippen LogP contribution in [0.1, 0.15) is 11.6 Å². The first kappa shape index (κ1) is 11.9. The van der Waals surface area contributed by atoms with Gasteiger partial charge in [0.1, 0.15) is 0 Å². The van der Waals surface area contributed by atoms with E-state index in [2.05, 4.69) is 15.2 Å². The van der Waals surface area contributed by atoms with E-state index in [1.807, 2.05) is 48.7 Å². The predicted octanol–water partition coefficient (Wildman–Crippen LogP) is 3.20. The lowest BCUT2D eigenvalue weighted by atomic mass is 10.3. The minimum Gasteiger partial charge on any atom is -0.437 e. The van der Waals surface area contributed by atoms with Crippen LogP contribution in [0.5, 0.6) is 0 Å². The summed E-state index contributed by atoms with van der Waals surface area (Å²) in [6, 6.07) is 9.79. The molecule has 3 rings (SSSR count). The van der Waals surface area contributed by atoms with Crippen molar-refractivity contribution in [2.75, 3.05) is 0 Å². The number of nitrogens with zero attached hydrogens (tertiary/aromatic N) is 3. The van der Waals surface area contributed by atoms with Gasteiger partial charge in [-0.3, -0.25) is 9.67 Å². The Kier molecular flexibility index (Phi) is 2.79. The van der Waals surface area contributed by atoms with Crippen molar-refractivity contribution in [1.82, 2.24) is 19.7 Å². The number of rotatable bonds is 2. The molecule has 0 saturated heterocycles. The van der Waals surface area contributed by atoms with E-state index >= 15 is 0 Å². The summed E-state index contributed by atoms with van der Waals surface area (Å²) in [5.74, 6) is 1.88. The van der Waals surface area contributed by atoms with E-state index in [0.29, 0.717) is 22.2 Å². The van der Waals surface area contributed by atoms with Gasteiger partial charge in [-0.05, 0) is 31.3 Å². The summed E-state index contributed by atoms with van der Waals surface area (Å²) in [6.07, 6.45) is 0. The van der Waals surface area contributed by atoms with Gasteiger partial charge in [-0.1, -0.05) is 18.2 Å². The largest absolute Gasteiger partial charge is 0.437 e. The summed E-state index contributed by atoms with van der Waals surface area (Å²) in [7, 11) is 0. The van der Waals surface area contributed by atoms with Gasteiger partial charge in [0.05, 0.1) is 11.4 Å². The van der Waals surface area contributed by atoms with Crippen LogP contribution < -0.4 is 0 Å². The number of benzene rings is 1. The molecule has 0 bridgehead atoms. The average molecular weight is 272 g/mol. The Morgan fingerprint density at radius 3 is 2.58 bits per heavy atom. The van der Waals surface area contributed by atoms with Gasteiger partial charge in [-0.25, -0.2) is 4.98 Å². The number of hydrogen-bond donors (Lipinski definition) is 1. The monoisotopic (exact) mass is 272 g/mol. The number of aromatic amines is 1. The van der Waals surface area contributed by atoms with Crippen LogP contribution >= 0.6 is 12.2 Å². The van der Waals surface area contributed by atoms with Crippen LogP contribution in [0, 0.1) is 18.6 Å². The zero-order valence-electron chi connectivity index (χ0n) is 10.5. The minimum absolute atomic E-state index is 0.523. The third kappa shape index (κ3) is 2.00. The Morgan fingerprint density at radius 2 is 1.95 bits per heavy atom. The molecule has 2 aromatic heterocycles. The maximum Gasteiger partial charge on any atom is 0.204 e. The molecule has 0 amide bonds. The fraction of sp³-hybridized carbons (Fsp3) is 0.154. The molecular formula is C13H12N4OS. The predicted molar refractivity (Wildman–Crippen MR) is 73.7 cm³/mol. The van der Waals surface area contributed by atoms with Crippen LogP contribution in [0.25, 0.3) is 17.3 Å². The third-order valence-corrected chi connectivity index (χ3v) is 3.07. The van der Waals surface area contributed by atoms with E-state index in [1.54, 1.807) is 0 Å². The van der Waals surface area contributed by atoms with E-state index in [0.717, 1.165) is 11.4 Å². The number of hydrogen-bond acceptors (Lipinski definition) is 4. The summed E-state index contributed by atoms with van der Waals surface area (Å²) < 4.78 is 7.97. The third-order valence-electron chi connectivity index (χ3n) is 2.79. The highest BCUT2D eigenvalue weighted by atomic mass is 32.1. The second-order valence-electron chi connectivity index (χ2n) is 4.17. The zero-order chi connectivity index (χ0) is 13.4. The van der Waals surface area contributed by atoms with Gasteiger partial charge in [0.15, 0.2) is 16.4 Å². The average Bonchev–Trinajstić information content (AvgIpc) is 2.93. The zero-order valence-corrected chi connectivity index (χ0v) is 11.4. The lowest BCUT2D eigenvalue weighted by Crippen LogP contribution is -1.97. The maximum absolute atomic E-state index is 5.62. The number of aromatic nitrogens is 4. The molecule has 3 aromatic rings. The minimum atomic E-state index is 0.523. The number of aryl methyl sites for hydroxylation is 2. The smallest absolute Gasteiger partial charge is 0.204 e. The number of para-hydroxylation sites is 1. The Hall–Kier alpha value is -2.21. The van der Waals surface area contributed by atoms with Gasteiger partial charge in [-0.2, -0.15) is 5.10 Å². The van der Waals surface area contributed by atoms with Crippen molar-refractivity contribution in [2.45, 2.75) is 13.8 Å². The molecule has 96 valence electrons. The van der Waals surface area contributed by atoms with E-state index < -0.39 is 0 Å². The van der Waals surface area contributed by atoms with Gasteiger partial charge in [0, 0.05) is 6.92 Å². The van der Waals surface area contributed by atoms with Crippen molar-refractivity contribution < 1.29 is 4.42 Å². The van der Waals surface area contributed by atoms with Gasteiger partial charge in [-0.15, -0.1) is 0 Å². The first-order valence-electron chi connectivity index (χ1n) is 5.84. The van der Waals surface area contributed by atoms with Crippen molar-refractivity contribution in [2.24, 2.45) is 0 Å². The fourth-order valence-electron chi connectivity index (χ4n) is 2.00. The summed E-state index contributed by atoms with van der Waals surface area (Å²) in [6.45, 7) is 3.70. The molecule has 0 fully saturated rings. The topological polar surface area (TPSA) is 59.6 Å². The number of H-pyrrole nitrogens is 1. The van der Waals surface area contributed by atoms with Gasteiger partial charge in [0.25, 0.3) is 0 Å². The fourth-order valence-corrected chi connectivity index (χ4v) is 2.24. The van der Waals surface area contributed by atoms with Crippen molar-refractivity contribution in [1.29, 1.82) is 0 Å². The second-order valence-corrected chi connectivity index (χ2v) is 4.56. The van der Waals surface area contributed by atoms with Crippen molar-refractivity contribution >= 4 is 12.2 Å². The molecule has 0 saturated carbocycles. The van der Waals surface area contributed by atoms with Gasteiger partial charge < -0.3 is 4.42 Å². The Bertz CT molecular complexity index is 770. The molecule has 5 nitrogen and oxygen atoms in total. The quantitative estimate of drug-likeness (QED) is 0.728. The van der Waals surface area contributed by atoms with Gasteiger partial charge in [0.2, 0.25) is 5.82 Å². The SMILES string of the molecule is Cc1nc(C)c(-c2n[nH]c(=S)n2-c2ccccc2)o1. The highest BCUT2D eigenvalue weighted by molar-refractivity contribution is 7.71. The van der Waals surface area contributed by atoms with E-state index in [-0.39, 0.29) is 0 Å². The first-order valence-corrected chi connectivity index (χ1v) is 6.25.